The molecule has 0 aromatic heterocycles. The number of piperazine rings is 1. The molecule has 1 saturated heterocycles. The van der Waals surface area contributed by atoms with Gasteiger partial charge >= 0.3 is 0 Å². The topological polar surface area (TPSA) is 26.8 Å². The summed E-state index contributed by atoms with van der Waals surface area (Å²) in [7, 11) is 0. The normalized spacial score (nSPS) is 19.1. The molecule has 7 heteroatoms. The van der Waals surface area contributed by atoms with E-state index in [2.05, 4.69) is 9.80 Å². The Balaban J connectivity index is 1.26. The Morgan fingerprint density at radius 1 is 0.750 bits per heavy atom. The number of amides is 1. The third-order valence-electron chi connectivity index (χ3n) is 7.25. The van der Waals surface area contributed by atoms with Gasteiger partial charge in [-0.15, -0.1) is 0 Å². The Bertz CT molecular complexity index is 1190. The number of benzene rings is 3. The van der Waals surface area contributed by atoms with Crippen molar-refractivity contribution >= 4 is 11.6 Å². The van der Waals surface area contributed by atoms with Crippen LogP contribution in [0.25, 0.3) is 0 Å². The average molecular weight is 494 g/mol. The molecule has 0 bridgehead atoms. The minimum Gasteiger partial charge on any atom is -0.311 e. The summed E-state index contributed by atoms with van der Waals surface area (Å²) >= 11 is 0. The van der Waals surface area contributed by atoms with Gasteiger partial charge in [0.05, 0.1) is 12.2 Å². The second kappa shape index (κ2) is 10.8. The molecule has 2 aliphatic rings. The standard InChI is InChI=1S/C29H30F3N3O/c30-23-7-3-21(4-8-23)19-33-14-16-34(17-15-33)20-29(36)35-13-1-2-26(22-5-9-24(31)10-6-22)27-12-11-25(32)18-28(27)35/h3-12,18,26H,1-2,13-17,19-20H2. The molecular formula is C29H30F3N3O. The van der Waals surface area contributed by atoms with E-state index in [0.717, 1.165) is 62.3 Å². The Kier molecular flexibility index (Phi) is 7.39. The summed E-state index contributed by atoms with van der Waals surface area (Å²) in [5.74, 6) is -0.953. The first kappa shape index (κ1) is 24.5. The van der Waals surface area contributed by atoms with E-state index in [9.17, 15) is 18.0 Å². The van der Waals surface area contributed by atoms with E-state index >= 15 is 0 Å². The molecule has 1 unspecified atom stereocenters. The molecule has 0 aliphatic carbocycles. The second-order valence-electron chi connectivity index (χ2n) is 9.67. The molecule has 1 amide bonds. The number of nitrogens with zero attached hydrogens (tertiary/aromatic N) is 3. The van der Waals surface area contributed by atoms with E-state index in [0.29, 0.717) is 12.2 Å². The van der Waals surface area contributed by atoms with Crippen LogP contribution < -0.4 is 4.90 Å². The van der Waals surface area contributed by atoms with Gasteiger partial charge in [0.1, 0.15) is 17.5 Å². The van der Waals surface area contributed by atoms with Crippen LogP contribution in [0, 0.1) is 17.5 Å². The van der Waals surface area contributed by atoms with Crippen molar-refractivity contribution in [1.82, 2.24) is 9.80 Å². The number of hydrogen-bond acceptors (Lipinski definition) is 3. The molecule has 0 spiro atoms. The van der Waals surface area contributed by atoms with Gasteiger partial charge in [0.15, 0.2) is 0 Å². The SMILES string of the molecule is O=C(CN1CCN(Cc2ccc(F)cc2)CC1)N1CCCC(c2ccc(F)cc2)c2ccc(F)cc21. The van der Waals surface area contributed by atoms with E-state index in [1.54, 1.807) is 35.2 Å². The van der Waals surface area contributed by atoms with Crippen LogP contribution in [0.1, 0.15) is 35.4 Å². The van der Waals surface area contributed by atoms with Crippen LogP contribution in [-0.4, -0.2) is 55.0 Å². The highest BCUT2D eigenvalue weighted by molar-refractivity contribution is 5.96. The Morgan fingerprint density at radius 3 is 2.06 bits per heavy atom. The van der Waals surface area contributed by atoms with Crippen LogP contribution >= 0.6 is 0 Å². The first-order chi connectivity index (χ1) is 17.5. The number of halogens is 3. The van der Waals surface area contributed by atoms with Crippen LogP contribution in [0.5, 0.6) is 0 Å². The van der Waals surface area contributed by atoms with Crippen LogP contribution in [0.15, 0.2) is 66.7 Å². The Hall–Kier alpha value is -3.16. The third kappa shape index (κ3) is 5.63. The lowest BCUT2D eigenvalue weighted by Gasteiger charge is -2.35. The van der Waals surface area contributed by atoms with Gasteiger partial charge in [-0.3, -0.25) is 14.6 Å². The number of carbonyl (C=O) groups excluding carboxylic acids is 1. The Labute approximate surface area is 209 Å². The summed E-state index contributed by atoms with van der Waals surface area (Å²) in [5.41, 5.74) is 3.55. The highest BCUT2D eigenvalue weighted by Crippen LogP contribution is 2.39. The van der Waals surface area contributed by atoms with Crippen LogP contribution in [0.4, 0.5) is 18.9 Å². The molecule has 0 saturated carbocycles. The van der Waals surface area contributed by atoms with Gasteiger partial charge in [0.25, 0.3) is 0 Å². The van der Waals surface area contributed by atoms with E-state index in [1.807, 2.05) is 0 Å². The number of hydrogen-bond donors (Lipinski definition) is 0. The zero-order chi connectivity index (χ0) is 25.1. The van der Waals surface area contributed by atoms with Gasteiger partial charge in [-0.05, 0) is 65.9 Å². The molecule has 0 radical (unpaired) electrons. The molecular weight excluding hydrogens is 463 g/mol. The molecule has 4 nitrogen and oxygen atoms in total. The number of fused-ring (bicyclic) bond motifs is 1. The zero-order valence-electron chi connectivity index (χ0n) is 20.2. The zero-order valence-corrected chi connectivity index (χ0v) is 20.2. The highest BCUT2D eigenvalue weighted by atomic mass is 19.1. The number of anilines is 1. The fraction of sp³-hybridized carbons (Fsp3) is 0.345. The van der Waals surface area contributed by atoms with Crippen molar-refractivity contribution in [2.75, 3.05) is 44.2 Å². The van der Waals surface area contributed by atoms with E-state index < -0.39 is 0 Å². The molecule has 2 aliphatic heterocycles. The number of carbonyl (C=O) groups is 1. The van der Waals surface area contributed by atoms with Crippen molar-refractivity contribution in [3.05, 3.63) is 101 Å². The van der Waals surface area contributed by atoms with Crippen molar-refractivity contribution in [3.63, 3.8) is 0 Å². The van der Waals surface area contributed by atoms with Crippen molar-refractivity contribution < 1.29 is 18.0 Å². The summed E-state index contributed by atoms with van der Waals surface area (Å²) in [6.45, 7) is 4.72. The molecule has 188 valence electrons. The second-order valence-corrected chi connectivity index (χ2v) is 9.67. The van der Waals surface area contributed by atoms with E-state index in [-0.39, 0.29) is 35.8 Å². The maximum absolute atomic E-state index is 14.3. The summed E-state index contributed by atoms with van der Waals surface area (Å²) in [5, 5.41) is 0. The van der Waals surface area contributed by atoms with Crippen molar-refractivity contribution in [3.8, 4) is 0 Å². The van der Waals surface area contributed by atoms with E-state index in [1.165, 1.54) is 36.4 Å². The lowest BCUT2D eigenvalue weighted by Crippen LogP contribution is -2.50. The fourth-order valence-electron chi connectivity index (χ4n) is 5.31. The van der Waals surface area contributed by atoms with E-state index in [4.69, 9.17) is 0 Å². The third-order valence-corrected chi connectivity index (χ3v) is 7.25. The van der Waals surface area contributed by atoms with Crippen molar-refractivity contribution in [2.45, 2.75) is 25.3 Å². The first-order valence-electron chi connectivity index (χ1n) is 12.5. The predicted molar refractivity (Wildman–Crippen MR) is 134 cm³/mol. The summed E-state index contributed by atoms with van der Waals surface area (Å²) in [4.78, 5) is 19.6. The Morgan fingerprint density at radius 2 is 1.36 bits per heavy atom. The van der Waals surface area contributed by atoms with Gasteiger partial charge in [0.2, 0.25) is 5.91 Å². The molecule has 2 heterocycles. The van der Waals surface area contributed by atoms with Gasteiger partial charge in [-0.1, -0.05) is 30.3 Å². The fourth-order valence-corrected chi connectivity index (χ4v) is 5.31. The maximum Gasteiger partial charge on any atom is 0.241 e. The largest absolute Gasteiger partial charge is 0.311 e. The average Bonchev–Trinajstić information content (AvgIpc) is 3.06. The van der Waals surface area contributed by atoms with Crippen LogP contribution in [-0.2, 0) is 11.3 Å². The lowest BCUT2D eigenvalue weighted by molar-refractivity contribution is -0.120. The van der Waals surface area contributed by atoms with Gasteiger partial charge in [-0.2, -0.15) is 0 Å². The van der Waals surface area contributed by atoms with Crippen molar-refractivity contribution in [1.29, 1.82) is 0 Å². The lowest BCUT2D eigenvalue weighted by atomic mass is 9.87. The highest BCUT2D eigenvalue weighted by Gasteiger charge is 2.29. The molecule has 3 aromatic rings. The minimum absolute atomic E-state index is 0.0194. The van der Waals surface area contributed by atoms with Gasteiger partial charge in [0, 0.05) is 45.2 Å². The quantitative estimate of drug-likeness (QED) is 0.490. The maximum atomic E-state index is 14.3. The smallest absolute Gasteiger partial charge is 0.241 e. The predicted octanol–water partition coefficient (Wildman–Crippen LogP) is 5.18. The van der Waals surface area contributed by atoms with Crippen molar-refractivity contribution in [2.24, 2.45) is 0 Å². The number of rotatable bonds is 5. The monoisotopic (exact) mass is 493 g/mol. The summed E-state index contributed by atoms with van der Waals surface area (Å²) < 4.78 is 41.0. The van der Waals surface area contributed by atoms with Gasteiger partial charge in [-0.25, -0.2) is 13.2 Å². The molecule has 1 fully saturated rings. The first-order valence-corrected chi connectivity index (χ1v) is 12.5. The summed E-state index contributed by atoms with van der Waals surface area (Å²) in [6.07, 6.45) is 1.58. The molecule has 5 rings (SSSR count). The molecule has 36 heavy (non-hydrogen) atoms. The van der Waals surface area contributed by atoms with Crippen LogP contribution in [0.2, 0.25) is 0 Å². The molecule has 1 atom stereocenters. The molecule has 3 aromatic carbocycles. The minimum atomic E-state index is -0.374. The summed E-state index contributed by atoms with van der Waals surface area (Å²) in [6, 6.07) is 17.7. The van der Waals surface area contributed by atoms with Gasteiger partial charge < -0.3 is 4.90 Å². The molecule has 0 N–H and O–H groups in total. The van der Waals surface area contributed by atoms with Crippen LogP contribution in [0.3, 0.4) is 0 Å².